The molecule has 0 saturated heterocycles. The van der Waals surface area contributed by atoms with Crippen molar-refractivity contribution in [1.82, 2.24) is 15.2 Å². The fourth-order valence-corrected chi connectivity index (χ4v) is 5.61. The van der Waals surface area contributed by atoms with Crippen LogP contribution in [-0.2, 0) is 14.8 Å². The van der Waals surface area contributed by atoms with Gasteiger partial charge in [0.25, 0.3) is 15.2 Å². The molecule has 2 aromatic heterocycles. The molecule has 0 aliphatic carbocycles. The quantitative estimate of drug-likeness (QED) is 0.276. The van der Waals surface area contributed by atoms with Gasteiger partial charge in [0.1, 0.15) is 0 Å². The Morgan fingerprint density at radius 2 is 1.69 bits per heavy atom. The number of aromatic nitrogens is 3. The van der Waals surface area contributed by atoms with Crippen LogP contribution in [0.2, 0.25) is 0 Å². The van der Waals surface area contributed by atoms with E-state index >= 15 is 0 Å². The number of thiazole rings is 1. The highest BCUT2D eigenvalue weighted by Crippen LogP contribution is 2.27. The topological polar surface area (TPSA) is 127 Å². The molecule has 35 heavy (non-hydrogen) atoms. The van der Waals surface area contributed by atoms with E-state index in [1.807, 2.05) is 24.3 Å². The smallest absolute Gasteiger partial charge is 0.277 e. The highest BCUT2D eigenvalue weighted by Gasteiger charge is 2.15. The minimum Gasteiger partial charge on any atom is -0.411 e. The SMILES string of the molecule is O=C(CSc1nnc(-c2ccc(NS(=O)(=O)c3ccccc3)cc2)o1)Nc1nc2ccccc2s1. The Hall–Kier alpha value is -3.74. The lowest BCUT2D eigenvalue weighted by Gasteiger charge is -2.08. The van der Waals surface area contributed by atoms with Gasteiger partial charge < -0.3 is 9.73 Å². The third kappa shape index (κ3) is 5.50. The molecule has 5 rings (SSSR count). The summed E-state index contributed by atoms with van der Waals surface area (Å²) in [6.07, 6.45) is 0. The number of carbonyl (C=O) groups excluding carboxylic acids is 1. The summed E-state index contributed by atoms with van der Waals surface area (Å²) in [5.41, 5.74) is 1.85. The zero-order valence-corrected chi connectivity index (χ0v) is 20.4. The van der Waals surface area contributed by atoms with E-state index in [2.05, 4.69) is 25.2 Å². The Balaban J connectivity index is 1.18. The van der Waals surface area contributed by atoms with Gasteiger partial charge in [0.05, 0.1) is 20.9 Å². The van der Waals surface area contributed by atoms with Gasteiger partial charge in [-0.25, -0.2) is 13.4 Å². The van der Waals surface area contributed by atoms with Gasteiger partial charge in [0.2, 0.25) is 11.8 Å². The van der Waals surface area contributed by atoms with Crippen molar-refractivity contribution in [2.24, 2.45) is 0 Å². The summed E-state index contributed by atoms with van der Waals surface area (Å²) in [5.74, 6) is 0.109. The minimum absolute atomic E-state index is 0.0811. The van der Waals surface area contributed by atoms with Crippen molar-refractivity contribution < 1.29 is 17.6 Å². The Morgan fingerprint density at radius 3 is 2.46 bits per heavy atom. The van der Waals surface area contributed by atoms with Crippen LogP contribution in [-0.4, -0.2) is 35.3 Å². The average molecular weight is 524 g/mol. The lowest BCUT2D eigenvalue weighted by molar-refractivity contribution is -0.113. The van der Waals surface area contributed by atoms with Gasteiger partial charge in [-0.2, -0.15) is 0 Å². The van der Waals surface area contributed by atoms with Crippen LogP contribution >= 0.6 is 23.1 Å². The number of sulfonamides is 1. The van der Waals surface area contributed by atoms with E-state index < -0.39 is 10.0 Å². The number of nitrogens with zero attached hydrogens (tertiary/aromatic N) is 3. The predicted octanol–water partition coefficient (Wildman–Crippen LogP) is 4.88. The third-order valence-corrected chi connectivity index (χ3v) is 7.88. The highest BCUT2D eigenvalue weighted by atomic mass is 32.2. The number of anilines is 2. The largest absolute Gasteiger partial charge is 0.411 e. The monoisotopic (exact) mass is 523 g/mol. The summed E-state index contributed by atoms with van der Waals surface area (Å²) in [6.45, 7) is 0. The molecule has 3 aromatic carbocycles. The normalized spacial score (nSPS) is 11.4. The Kier molecular flexibility index (Phi) is 6.49. The Bertz CT molecular complexity index is 1550. The lowest BCUT2D eigenvalue weighted by atomic mass is 10.2. The van der Waals surface area contributed by atoms with Crippen molar-refractivity contribution >= 4 is 60.1 Å². The molecule has 0 spiro atoms. The first kappa shape index (κ1) is 23.0. The maximum Gasteiger partial charge on any atom is 0.277 e. The van der Waals surface area contributed by atoms with Gasteiger partial charge in [0.15, 0.2) is 5.13 Å². The van der Waals surface area contributed by atoms with Gasteiger partial charge in [-0.05, 0) is 48.5 Å². The number of hydrogen-bond acceptors (Lipinski definition) is 9. The van der Waals surface area contributed by atoms with Crippen molar-refractivity contribution in [2.45, 2.75) is 10.1 Å². The van der Waals surface area contributed by atoms with E-state index in [9.17, 15) is 13.2 Å². The predicted molar refractivity (Wildman–Crippen MR) is 136 cm³/mol. The molecule has 0 radical (unpaired) electrons. The third-order valence-electron chi connectivity index (χ3n) is 4.71. The second-order valence-electron chi connectivity index (χ2n) is 7.19. The van der Waals surface area contributed by atoms with Crippen LogP contribution in [0.3, 0.4) is 0 Å². The van der Waals surface area contributed by atoms with Crippen LogP contribution in [0, 0.1) is 0 Å². The first-order chi connectivity index (χ1) is 17.0. The van der Waals surface area contributed by atoms with Crippen LogP contribution in [0.15, 0.2) is 93.4 Å². The van der Waals surface area contributed by atoms with Crippen molar-refractivity contribution in [2.75, 3.05) is 15.8 Å². The number of rotatable bonds is 8. The molecule has 1 amide bonds. The fraction of sp³-hybridized carbons (Fsp3) is 0.0435. The average Bonchev–Trinajstić information content (AvgIpc) is 3.50. The van der Waals surface area contributed by atoms with Crippen LogP contribution < -0.4 is 10.0 Å². The fourth-order valence-electron chi connectivity index (χ4n) is 3.09. The van der Waals surface area contributed by atoms with Crippen LogP contribution in [0.1, 0.15) is 0 Å². The molecule has 0 bridgehead atoms. The summed E-state index contributed by atoms with van der Waals surface area (Å²) in [4.78, 5) is 16.8. The Morgan fingerprint density at radius 1 is 0.943 bits per heavy atom. The number of hydrogen-bond donors (Lipinski definition) is 2. The number of para-hydroxylation sites is 1. The molecule has 0 fully saturated rings. The van der Waals surface area contributed by atoms with Gasteiger partial charge in [0, 0.05) is 11.3 Å². The number of fused-ring (bicyclic) bond motifs is 1. The van der Waals surface area contributed by atoms with Crippen LogP contribution in [0.25, 0.3) is 21.7 Å². The maximum absolute atomic E-state index is 12.5. The van der Waals surface area contributed by atoms with Gasteiger partial charge in [-0.15, -0.1) is 10.2 Å². The van der Waals surface area contributed by atoms with Crippen molar-refractivity contribution in [3.05, 3.63) is 78.9 Å². The summed E-state index contributed by atoms with van der Waals surface area (Å²) in [5, 5.41) is 11.5. The van der Waals surface area contributed by atoms with E-state index in [0.29, 0.717) is 16.4 Å². The number of benzene rings is 3. The zero-order valence-electron chi connectivity index (χ0n) is 17.9. The highest BCUT2D eigenvalue weighted by molar-refractivity contribution is 7.99. The second kappa shape index (κ2) is 9.86. The molecule has 5 aromatic rings. The molecule has 0 unspecified atom stereocenters. The first-order valence-electron chi connectivity index (χ1n) is 10.3. The molecule has 0 aliphatic heterocycles. The molecule has 2 heterocycles. The summed E-state index contributed by atoms with van der Waals surface area (Å²) in [6, 6.07) is 22.3. The summed E-state index contributed by atoms with van der Waals surface area (Å²) < 4.78 is 34.1. The van der Waals surface area contributed by atoms with E-state index in [0.717, 1.165) is 22.0 Å². The van der Waals surface area contributed by atoms with Gasteiger partial charge in [-0.1, -0.05) is 53.4 Å². The molecule has 9 nitrogen and oxygen atoms in total. The second-order valence-corrected chi connectivity index (χ2v) is 10.8. The minimum atomic E-state index is -3.68. The van der Waals surface area contributed by atoms with E-state index in [1.165, 1.54) is 23.5 Å². The summed E-state index contributed by atoms with van der Waals surface area (Å²) >= 11 is 2.52. The van der Waals surface area contributed by atoms with Crippen molar-refractivity contribution in [3.63, 3.8) is 0 Å². The molecule has 12 heteroatoms. The zero-order chi connectivity index (χ0) is 24.3. The maximum atomic E-state index is 12.5. The molecule has 0 saturated carbocycles. The van der Waals surface area contributed by atoms with E-state index in [4.69, 9.17) is 4.42 Å². The van der Waals surface area contributed by atoms with Gasteiger partial charge in [-0.3, -0.25) is 9.52 Å². The molecule has 2 N–H and O–H groups in total. The molecule has 176 valence electrons. The Labute approximate surface area is 208 Å². The standard InChI is InChI=1S/C23H17N5O4S3/c29-20(25-22-24-18-8-4-5-9-19(18)34-22)14-33-23-27-26-21(32-23)15-10-12-16(13-11-15)28-35(30,31)17-6-2-1-3-7-17/h1-13,28H,14H2,(H,24,25,29). The number of nitrogens with one attached hydrogen (secondary N) is 2. The molecule has 0 aliphatic rings. The number of amides is 1. The van der Waals surface area contributed by atoms with Crippen LogP contribution in [0.4, 0.5) is 10.8 Å². The molecular formula is C23H17N5O4S3. The van der Waals surface area contributed by atoms with Crippen LogP contribution in [0.5, 0.6) is 0 Å². The molecule has 0 atom stereocenters. The first-order valence-corrected chi connectivity index (χ1v) is 13.5. The number of thioether (sulfide) groups is 1. The van der Waals surface area contributed by atoms with Crippen molar-refractivity contribution in [3.8, 4) is 11.5 Å². The van der Waals surface area contributed by atoms with Gasteiger partial charge >= 0.3 is 0 Å². The van der Waals surface area contributed by atoms with Crippen molar-refractivity contribution in [1.29, 1.82) is 0 Å². The molecular weight excluding hydrogens is 506 g/mol. The summed E-state index contributed by atoms with van der Waals surface area (Å²) in [7, 11) is -3.68. The number of carbonyl (C=O) groups is 1. The lowest BCUT2D eigenvalue weighted by Crippen LogP contribution is -2.13. The van der Waals surface area contributed by atoms with E-state index in [1.54, 1.807) is 42.5 Å². The van der Waals surface area contributed by atoms with E-state index in [-0.39, 0.29) is 27.7 Å².